The van der Waals surface area contributed by atoms with Gasteiger partial charge in [-0.25, -0.2) is 0 Å². The van der Waals surface area contributed by atoms with Crippen molar-refractivity contribution in [3.8, 4) is 0 Å². The summed E-state index contributed by atoms with van der Waals surface area (Å²) >= 11 is 0. The lowest BCUT2D eigenvalue weighted by atomic mass is 9.83. The van der Waals surface area contributed by atoms with Gasteiger partial charge in [-0.1, -0.05) is 24.3 Å². The van der Waals surface area contributed by atoms with E-state index in [0.717, 1.165) is 44.8 Å². The number of ketones is 1. The molecule has 3 aliphatic rings. The van der Waals surface area contributed by atoms with Gasteiger partial charge in [-0.3, -0.25) is 19.3 Å². The van der Waals surface area contributed by atoms with Crippen LogP contribution in [0, 0.1) is 5.92 Å². The van der Waals surface area contributed by atoms with Crippen LogP contribution in [0.3, 0.4) is 0 Å². The number of rotatable bonds is 5. The van der Waals surface area contributed by atoms with Crippen molar-refractivity contribution in [2.45, 2.75) is 25.3 Å². The standard InChI is InChI=1S/C25H30N4O3/c30-22(14-25(32)28-11-9-27(10-12-28)21-5-2-1-3-6-21)18-26-15-19-13-20(17-26)23-7-4-8-24(31)29(23)16-19/h1-8,19-20H,9-18H2. The molecular formula is C25H30N4O3. The number of piperidine rings is 1. The molecule has 1 amide bonds. The van der Waals surface area contributed by atoms with Crippen molar-refractivity contribution in [1.29, 1.82) is 0 Å². The quantitative estimate of drug-likeness (QED) is 0.669. The zero-order valence-electron chi connectivity index (χ0n) is 18.4. The number of Topliss-reactive ketones (excluding diaryl/α,β-unsaturated/α-hetero) is 1. The number of pyridine rings is 1. The van der Waals surface area contributed by atoms with Crippen LogP contribution in [0.25, 0.3) is 0 Å². The second kappa shape index (κ2) is 8.90. The van der Waals surface area contributed by atoms with E-state index in [4.69, 9.17) is 0 Å². The van der Waals surface area contributed by atoms with Crippen LogP contribution in [0.5, 0.6) is 0 Å². The Balaban J connectivity index is 1.12. The SMILES string of the molecule is O=C(CC(=O)N1CCN(c2ccccc2)CC1)CN1CC2CC(C1)c1cccc(=O)n1C2. The van der Waals surface area contributed by atoms with Crippen molar-refractivity contribution in [3.05, 3.63) is 64.6 Å². The molecule has 2 saturated heterocycles. The highest BCUT2D eigenvalue weighted by Gasteiger charge is 2.35. The van der Waals surface area contributed by atoms with E-state index in [0.29, 0.717) is 25.6 Å². The van der Waals surface area contributed by atoms with Gasteiger partial charge in [-0.2, -0.15) is 0 Å². The largest absolute Gasteiger partial charge is 0.368 e. The van der Waals surface area contributed by atoms with Crippen molar-refractivity contribution in [3.63, 3.8) is 0 Å². The number of carbonyl (C=O) groups excluding carboxylic acids is 2. The lowest BCUT2D eigenvalue weighted by Gasteiger charge is -2.42. The maximum atomic E-state index is 12.7. The van der Waals surface area contributed by atoms with Gasteiger partial charge in [0, 0.05) is 69.2 Å². The number of hydrogen-bond acceptors (Lipinski definition) is 5. The molecular weight excluding hydrogens is 404 g/mol. The number of para-hydroxylation sites is 1. The first kappa shape index (κ1) is 20.9. The molecule has 2 atom stereocenters. The van der Waals surface area contributed by atoms with Gasteiger partial charge in [0.15, 0.2) is 5.78 Å². The number of aromatic nitrogens is 1. The number of fused-ring (bicyclic) bond motifs is 4. The van der Waals surface area contributed by atoms with Crippen molar-refractivity contribution >= 4 is 17.4 Å². The number of anilines is 1. The molecule has 7 heteroatoms. The molecule has 2 aromatic rings. The minimum atomic E-state index is -0.0585. The molecule has 2 fully saturated rings. The molecule has 4 heterocycles. The summed E-state index contributed by atoms with van der Waals surface area (Å²) in [6.45, 7) is 5.51. The van der Waals surface area contributed by atoms with Crippen molar-refractivity contribution in [1.82, 2.24) is 14.4 Å². The average molecular weight is 435 g/mol. The Morgan fingerprint density at radius 1 is 0.875 bits per heavy atom. The number of likely N-dealkylation sites (tertiary alicyclic amines) is 1. The monoisotopic (exact) mass is 434 g/mol. The summed E-state index contributed by atoms with van der Waals surface area (Å²) in [6, 6.07) is 15.7. The molecule has 1 aromatic carbocycles. The molecule has 1 aromatic heterocycles. The second-order valence-corrected chi connectivity index (χ2v) is 9.31. The second-order valence-electron chi connectivity index (χ2n) is 9.31. The van der Waals surface area contributed by atoms with Gasteiger partial charge >= 0.3 is 0 Å². The first-order chi connectivity index (χ1) is 15.6. The highest BCUT2D eigenvalue weighted by Crippen LogP contribution is 2.34. The molecule has 0 radical (unpaired) electrons. The fourth-order valence-corrected chi connectivity index (χ4v) is 5.56. The molecule has 0 saturated carbocycles. The van der Waals surface area contributed by atoms with Crippen molar-refractivity contribution < 1.29 is 9.59 Å². The third-order valence-corrected chi connectivity index (χ3v) is 7.06. The minimum absolute atomic E-state index is 0.00841. The van der Waals surface area contributed by atoms with E-state index in [2.05, 4.69) is 21.9 Å². The van der Waals surface area contributed by atoms with E-state index in [1.165, 1.54) is 5.69 Å². The molecule has 0 aliphatic carbocycles. The van der Waals surface area contributed by atoms with Crippen LogP contribution in [0.1, 0.15) is 24.5 Å². The fraction of sp³-hybridized carbons (Fsp3) is 0.480. The molecule has 7 nitrogen and oxygen atoms in total. The number of carbonyl (C=O) groups is 2. The summed E-state index contributed by atoms with van der Waals surface area (Å²) in [5.74, 6) is 0.601. The minimum Gasteiger partial charge on any atom is -0.368 e. The number of nitrogens with zero attached hydrogens (tertiary/aromatic N) is 4. The molecule has 3 aliphatic heterocycles. The average Bonchev–Trinajstić information content (AvgIpc) is 2.80. The maximum absolute atomic E-state index is 12.7. The third kappa shape index (κ3) is 4.35. The molecule has 168 valence electrons. The topological polar surface area (TPSA) is 65.9 Å². The molecule has 0 N–H and O–H groups in total. The zero-order chi connectivity index (χ0) is 22.1. The van der Waals surface area contributed by atoms with E-state index in [9.17, 15) is 14.4 Å². The Bertz CT molecular complexity index is 1040. The highest BCUT2D eigenvalue weighted by molar-refractivity contribution is 5.99. The zero-order valence-corrected chi connectivity index (χ0v) is 18.4. The Kier molecular flexibility index (Phi) is 5.83. The summed E-state index contributed by atoms with van der Waals surface area (Å²) in [5.41, 5.74) is 2.33. The Labute approximate surface area is 188 Å². The Hall–Kier alpha value is -2.93. The predicted octanol–water partition coefficient (Wildman–Crippen LogP) is 1.58. The molecule has 32 heavy (non-hydrogen) atoms. The van der Waals surface area contributed by atoms with Crippen molar-refractivity contribution in [2.75, 3.05) is 50.7 Å². The summed E-state index contributed by atoms with van der Waals surface area (Å²) < 4.78 is 1.90. The number of piperazine rings is 1. The van der Waals surface area contributed by atoms with Crippen LogP contribution in [0.2, 0.25) is 0 Å². The molecule has 5 rings (SSSR count). The number of hydrogen-bond donors (Lipinski definition) is 0. The van der Waals surface area contributed by atoms with Gasteiger partial charge in [0.05, 0.1) is 13.0 Å². The van der Waals surface area contributed by atoms with E-state index < -0.39 is 0 Å². The first-order valence-electron chi connectivity index (χ1n) is 11.6. The van der Waals surface area contributed by atoms with Crippen LogP contribution in [-0.2, 0) is 16.1 Å². The van der Waals surface area contributed by atoms with Gasteiger partial charge in [0.2, 0.25) is 5.91 Å². The van der Waals surface area contributed by atoms with Gasteiger partial charge in [-0.15, -0.1) is 0 Å². The maximum Gasteiger partial charge on any atom is 0.250 e. The summed E-state index contributed by atoms with van der Waals surface area (Å²) in [5, 5.41) is 0. The highest BCUT2D eigenvalue weighted by atomic mass is 16.2. The first-order valence-corrected chi connectivity index (χ1v) is 11.6. The fourth-order valence-electron chi connectivity index (χ4n) is 5.56. The van der Waals surface area contributed by atoms with Crippen LogP contribution >= 0.6 is 0 Å². The summed E-state index contributed by atoms with van der Waals surface area (Å²) in [4.78, 5) is 43.9. The van der Waals surface area contributed by atoms with E-state index in [-0.39, 0.29) is 29.6 Å². The normalized spacial score (nSPS) is 23.0. The van der Waals surface area contributed by atoms with Crippen LogP contribution in [0.4, 0.5) is 5.69 Å². The van der Waals surface area contributed by atoms with E-state index >= 15 is 0 Å². The van der Waals surface area contributed by atoms with Crippen LogP contribution < -0.4 is 10.5 Å². The predicted molar refractivity (Wildman–Crippen MR) is 123 cm³/mol. The van der Waals surface area contributed by atoms with Gasteiger partial charge in [0.25, 0.3) is 5.56 Å². The number of amides is 1. The lowest BCUT2D eigenvalue weighted by Crippen LogP contribution is -2.50. The molecule has 0 spiro atoms. The van der Waals surface area contributed by atoms with Gasteiger partial charge in [-0.05, 0) is 30.5 Å². The van der Waals surface area contributed by atoms with Crippen LogP contribution in [0.15, 0.2) is 53.3 Å². The van der Waals surface area contributed by atoms with Gasteiger partial charge < -0.3 is 14.4 Å². The molecule has 2 bridgehead atoms. The lowest BCUT2D eigenvalue weighted by molar-refractivity contribution is -0.136. The Morgan fingerprint density at radius 3 is 2.44 bits per heavy atom. The Morgan fingerprint density at radius 2 is 1.66 bits per heavy atom. The summed E-state index contributed by atoms with van der Waals surface area (Å²) in [7, 11) is 0. The molecule has 2 unspecified atom stereocenters. The van der Waals surface area contributed by atoms with Crippen molar-refractivity contribution in [2.24, 2.45) is 5.92 Å². The summed E-state index contributed by atoms with van der Waals surface area (Å²) in [6.07, 6.45) is 1.05. The van der Waals surface area contributed by atoms with E-state index in [1.807, 2.05) is 39.8 Å². The van der Waals surface area contributed by atoms with Gasteiger partial charge in [0.1, 0.15) is 0 Å². The van der Waals surface area contributed by atoms with Crippen LogP contribution in [-0.4, -0.2) is 71.9 Å². The third-order valence-electron chi connectivity index (χ3n) is 7.06. The smallest absolute Gasteiger partial charge is 0.250 e. The number of benzene rings is 1. The van der Waals surface area contributed by atoms with E-state index in [1.54, 1.807) is 6.07 Å².